The van der Waals surface area contributed by atoms with E-state index in [4.69, 9.17) is 5.73 Å². The molecule has 1 atom stereocenters. The maximum Gasteiger partial charge on any atom is 0.255 e. The number of carbonyl (C=O) groups excluding carboxylic acids is 3. The van der Waals surface area contributed by atoms with E-state index in [9.17, 15) is 14.4 Å². The Morgan fingerprint density at radius 3 is 2.78 bits per heavy atom. The van der Waals surface area contributed by atoms with Crippen molar-refractivity contribution >= 4 is 17.7 Å². The van der Waals surface area contributed by atoms with Gasteiger partial charge in [0.05, 0.1) is 0 Å². The van der Waals surface area contributed by atoms with E-state index < -0.39 is 6.04 Å². The summed E-state index contributed by atoms with van der Waals surface area (Å²) in [6.45, 7) is 6.97. The third-order valence-electron chi connectivity index (χ3n) is 5.45. The van der Waals surface area contributed by atoms with Crippen LogP contribution in [0.25, 0.3) is 0 Å². The highest BCUT2D eigenvalue weighted by Crippen LogP contribution is 2.28. The van der Waals surface area contributed by atoms with Crippen molar-refractivity contribution in [2.24, 2.45) is 11.1 Å². The van der Waals surface area contributed by atoms with Gasteiger partial charge >= 0.3 is 0 Å². The van der Waals surface area contributed by atoms with Gasteiger partial charge < -0.3 is 16.0 Å². The van der Waals surface area contributed by atoms with Crippen LogP contribution in [0, 0.1) is 5.41 Å². The molecule has 27 heavy (non-hydrogen) atoms. The molecule has 0 saturated carbocycles. The van der Waals surface area contributed by atoms with Crippen LogP contribution in [0.5, 0.6) is 0 Å². The second kappa shape index (κ2) is 7.78. The zero-order valence-electron chi connectivity index (χ0n) is 16.0. The number of nitrogens with zero attached hydrogens (tertiary/aromatic N) is 1. The van der Waals surface area contributed by atoms with Gasteiger partial charge in [-0.2, -0.15) is 0 Å². The SMILES string of the molecule is CC(C)(CN)CCNCc1ccc2c(c1)CN(C1CCC(=O)NC1=O)C2=O. The number of nitrogens with two attached hydrogens (primary N) is 1. The fourth-order valence-electron chi connectivity index (χ4n) is 3.50. The number of hydrogen-bond acceptors (Lipinski definition) is 5. The smallest absolute Gasteiger partial charge is 0.255 e. The van der Waals surface area contributed by atoms with Crippen molar-refractivity contribution in [1.29, 1.82) is 0 Å². The van der Waals surface area contributed by atoms with Crippen LogP contribution in [-0.4, -0.2) is 41.8 Å². The summed E-state index contributed by atoms with van der Waals surface area (Å²) in [7, 11) is 0. The van der Waals surface area contributed by atoms with Crippen molar-refractivity contribution in [3.63, 3.8) is 0 Å². The molecule has 2 aliphatic rings. The normalized spacial score (nSPS) is 20.0. The molecule has 0 bridgehead atoms. The van der Waals surface area contributed by atoms with Crippen molar-refractivity contribution < 1.29 is 14.4 Å². The Labute approximate surface area is 159 Å². The quantitative estimate of drug-likeness (QED) is 0.487. The summed E-state index contributed by atoms with van der Waals surface area (Å²) in [5, 5.41) is 5.75. The molecule has 146 valence electrons. The Hall–Kier alpha value is -2.25. The highest BCUT2D eigenvalue weighted by Gasteiger charge is 2.38. The van der Waals surface area contributed by atoms with Crippen LogP contribution < -0.4 is 16.4 Å². The average molecular weight is 372 g/mol. The van der Waals surface area contributed by atoms with Gasteiger partial charge in [0, 0.05) is 25.1 Å². The molecular weight excluding hydrogens is 344 g/mol. The van der Waals surface area contributed by atoms with Gasteiger partial charge in [-0.15, -0.1) is 0 Å². The number of benzene rings is 1. The van der Waals surface area contributed by atoms with Crippen molar-refractivity contribution in [3.8, 4) is 0 Å². The molecule has 1 aromatic rings. The van der Waals surface area contributed by atoms with Crippen LogP contribution in [0.3, 0.4) is 0 Å². The molecule has 0 radical (unpaired) electrons. The minimum Gasteiger partial charge on any atom is -0.330 e. The fraction of sp³-hybridized carbons (Fsp3) is 0.550. The molecule has 0 aromatic heterocycles. The molecule has 0 spiro atoms. The number of imide groups is 1. The van der Waals surface area contributed by atoms with Gasteiger partial charge in [0.2, 0.25) is 11.8 Å². The molecule has 2 heterocycles. The van der Waals surface area contributed by atoms with Crippen LogP contribution >= 0.6 is 0 Å². The summed E-state index contributed by atoms with van der Waals surface area (Å²) in [6, 6.07) is 5.25. The van der Waals surface area contributed by atoms with E-state index in [1.54, 1.807) is 4.90 Å². The van der Waals surface area contributed by atoms with Crippen LogP contribution in [0.4, 0.5) is 0 Å². The van der Waals surface area contributed by atoms with E-state index in [0.29, 0.717) is 25.1 Å². The number of nitrogens with one attached hydrogen (secondary N) is 2. The lowest BCUT2D eigenvalue weighted by Gasteiger charge is -2.29. The van der Waals surface area contributed by atoms with E-state index in [-0.39, 0.29) is 29.6 Å². The van der Waals surface area contributed by atoms with Crippen LogP contribution in [0.1, 0.15) is 54.6 Å². The standard InChI is InChI=1S/C20H28N4O3/c1-20(2,12-21)7-8-22-10-13-3-4-15-14(9-13)11-24(19(15)27)16-5-6-17(25)23-18(16)26/h3-4,9,16,22H,5-8,10-12,21H2,1-2H3,(H,23,25,26). The first-order chi connectivity index (χ1) is 12.8. The van der Waals surface area contributed by atoms with Crippen LogP contribution in [0.2, 0.25) is 0 Å². The number of amides is 3. The molecule has 4 N–H and O–H groups in total. The first-order valence-electron chi connectivity index (χ1n) is 9.48. The fourth-order valence-corrected chi connectivity index (χ4v) is 3.50. The van der Waals surface area contributed by atoms with Gasteiger partial charge in [0.1, 0.15) is 6.04 Å². The van der Waals surface area contributed by atoms with Crippen LogP contribution in [0.15, 0.2) is 18.2 Å². The first-order valence-corrected chi connectivity index (χ1v) is 9.48. The topological polar surface area (TPSA) is 105 Å². The molecule has 7 heteroatoms. The average Bonchev–Trinajstić information content (AvgIpc) is 2.95. The Balaban J connectivity index is 1.60. The molecule has 3 rings (SSSR count). The van der Waals surface area contributed by atoms with Gasteiger partial charge in [-0.05, 0) is 48.5 Å². The van der Waals surface area contributed by atoms with Crippen molar-refractivity contribution in [3.05, 3.63) is 34.9 Å². The molecule has 7 nitrogen and oxygen atoms in total. The van der Waals surface area contributed by atoms with Crippen molar-refractivity contribution in [1.82, 2.24) is 15.5 Å². The number of rotatable bonds is 7. The molecular formula is C20H28N4O3. The van der Waals surface area contributed by atoms with Gasteiger partial charge in [0.25, 0.3) is 5.91 Å². The van der Waals surface area contributed by atoms with Crippen molar-refractivity contribution in [2.45, 2.75) is 52.2 Å². The highest BCUT2D eigenvalue weighted by atomic mass is 16.2. The Morgan fingerprint density at radius 1 is 1.30 bits per heavy atom. The lowest BCUT2D eigenvalue weighted by Crippen LogP contribution is -2.52. The maximum atomic E-state index is 12.7. The Morgan fingerprint density at radius 2 is 2.07 bits per heavy atom. The van der Waals surface area contributed by atoms with Gasteiger partial charge in [-0.25, -0.2) is 0 Å². The van der Waals surface area contributed by atoms with Crippen molar-refractivity contribution in [2.75, 3.05) is 13.1 Å². The molecule has 1 aromatic carbocycles. The van der Waals surface area contributed by atoms with Crippen LogP contribution in [-0.2, 0) is 22.7 Å². The minimum absolute atomic E-state index is 0.125. The van der Waals surface area contributed by atoms with Gasteiger partial charge in [-0.3, -0.25) is 19.7 Å². The summed E-state index contributed by atoms with van der Waals surface area (Å²) >= 11 is 0. The number of piperidine rings is 1. The zero-order valence-corrected chi connectivity index (χ0v) is 16.0. The molecule has 0 aliphatic carbocycles. The number of fused-ring (bicyclic) bond motifs is 1. The predicted octanol–water partition coefficient (Wildman–Crippen LogP) is 0.912. The highest BCUT2D eigenvalue weighted by molar-refractivity contribution is 6.05. The summed E-state index contributed by atoms with van der Waals surface area (Å²) in [5.74, 6) is -0.785. The lowest BCUT2D eigenvalue weighted by molar-refractivity contribution is -0.136. The molecule has 1 fully saturated rings. The van der Waals surface area contributed by atoms with E-state index in [1.807, 2.05) is 18.2 Å². The summed E-state index contributed by atoms with van der Waals surface area (Å²) in [5.41, 5.74) is 8.57. The monoisotopic (exact) mass is 372 g/mol. The number of hydrogen-bond donors (Lipinski definition) is 3. The predicted molar refractivity (Wildman–Crippen MR) is 102 cm³/mol. The van der Waals surface area contributed by atoms with E-state index in [1.165, 1.54) is 0 Å². The molecule has 3 amide bonds. The third kappa shape index (κ3) is 4.36. The molecule has 1 saturated heterocycles. The largest absolute Gasteiger partial charge is 0.330 e. The lowest BCUT2D eigenvalue weighted by atomic mass is 9.90. The summed E-state index contributed by atoms with van der Waals surface area (Å²) < 4.78 is 0. The van der Waals surface area contributed by atoms with E-state index in [0.717, 1.165) is 30.6 Å². The summed E-state index contributed by atoms with van der Waals surface area (Å²) in [4.78, 5) is 37.7. The summed E-state index contributed by atoms with van der Waals surface area (Å²) in [6.07, 6.45) is 1.65. The second-order valence-electron chi connectivity index (χ2n) is 8.19. The van der Waals surface area contributed by atoms with Gasteiger partial charge in [0.15, 0.2) is 0 Å². The third-order valence-corrected chi connectivity index (χ3v) is 5.45. The van der Waals surface area contributed by atoms with E-state index >= 15 is 0 Å². The maximum absolute atomic E-state index is 12.7. The van der Waals surface area contributed by atoms with Gasteiger partial charge in [-0.1, -0.05) is 26.0 Å². The number of carbonyl (C=O) groups is 3. The Kier molecular flexibility index (Phi) is 5.62. The molecule has 1 unspecified atom stereocenters. The minimum atomic E-state index is -0.567. The first kappa shape index (κ1) is 19.5. The van der Waals surface area contributed by atoms with E-state index in [2.05, 4.69) is 24.5 Å². The molecule has 2 aliphatic heterocycles. The zero-order chi connectivity index (χ0) is 19.6. The second-order valence-corrected chi connectivity index (χ2v) is 8.19. The Bertz CT molecular complexity index is 760.